The van der Waals surface area contributed by atoms with Crippen molar-refractivity contribution in [1.29, 1.82) is 5.26 Å². The van der Waals surface area contributed by atoms with E-state index in [-0.39, 0.29) is 6.10 Å². The molecule has 0 fully saturated rings. The van der Waals surface area contributed by atoms with Crippen LogP contribution < -0.4 is 0 Å². The molecule has 0 saturated carbocycles. The van der Waals surface area contributed by atoms with E-state index in [1.165, 1.54) is 0 Å². The van der Waals surface area contributed by atoms with Crippen LogP contribution in [0.25, 0.3) is 0 Å². The molecular formula is C10H13NO. The van der Waals surface area contributed by atoms with E-state index in [2.05, 4.69) is 0 Å². The summed E-state index contributed by atoms with van der Waals surface area (Å²) < 4.78 is 0. The lowest BCUT2D eigenvalue weighted by molar-refractivity contribution is 0.216. The molecule has 0 bridgehead atoms. The van der Waals surface area contributed by atoms with Crippen LogP contribution >= 0.6 is 0 Å². The molecule has 2 heteroatoms. The van der Waals surface area contributed by atoms with Crippen LogP contribution in [0.2, 0.25) is 0 Å². The van der Waals surface area contributed by atoms with Gasteiger partial charge in [-0.2, -0.15) is 5.26 Å². The van der Waals surface area contributed by atoms with Crippen LogP contribution in [-0.2, 0) is 0 Å². The molecule has 0 radical (unpaired) electrons. The van der Waals surface area contributed by atoms with Crippen molar-refractivity contribution in [3.05, 3.63) is 35.9 Å². The van der Waals surface area contributed by atoms with Crippen molar-refractivity contribution < 1.29 is 5.11 Å². The van der Waals surface area contributed by atoms with E-state index in [0.717, 1.165) is 0 Å². The van der Waals surface area contributed by atoms with E-state index >= 15 is 0 Å². The molecule has 0 spiro atoms. The number of nitrogens with zero attached hydrogens (tertiary/aromatic N) is 1. The van der Waals surface area contributed by atoms with Crippen molar-refractivity contribution in [2.75, 3.05) is 0 Å². The van der Waals surface area contributed by atoms with Crippen molar-refractivity contribution in [3.8, 4) is 6.07 Å². The summed E-state index contributed by atoms with van der Waals surface area (Å²) in [5.74, 6) is 0. The first kappa shape index (κ1) is 10.7. The lowest BCUT2D eigenvalue weighted by Crippen LogP contribution is -1.85. The van der Waals surface area contributed by atoms with Crippen molar-refractivity contribution in [2.24, 2.45) is 0 Å². The van der Waals surface area contributed by atoms with Gasteiger partial charge in [-0.3, -0.25) is 0 Å². The smallest absolute Gasteiger partial charge is 0.0991 e. The van der Waals surface area contributed by atoms with E-state index in [1.807, 2.05) is 24.3 Å². The average Bonchev–Trinajstić information content (AvgIpc) is 2.05. The molecule has 1 aromatic rings. The third-order valence-corrected chi connectivity index (χ3v) is 0.903. The third-order valence-electron chi connectivity index (χ3n) is 0.903. The second-order valence-corrected chi connectivity index (χ2v) is 2.57. The monoisotopic (exact) mass is 163 g/mol. The Morgan fingerprint density at radius 2 is 1.67 bits per heavy atom. The molecule has 12 heavy (non-hydrogen) atoms. The normalized spacial score (nSPS) is 8.25. The lowest BCUT2D eigenvalue weighted by Gasteiger charge is -1.80. The van der Waals surface area contributed by atoms with E-state index in [4.69, 9.17) is 10.4 Å². The Morgan fingerprint density at radius 1 is 1.25 bits per heavy atom. The summed E-state index contributed by atoms with van der Waals surface area (Å²) in [6.07, 6.45) is -0.167. The largest absolute Gasteiger partial charge is 0.394 e. The second-order valence-electron chi connectivity index (χ2n) is 2.57. The minimum absolute atomic E-state index is 0.167. The molecule has 0 aliphatic heterocycles. The zero-order valence-electron chi connectivity index (χ0n) is 7.36. The molecule has 0 aromatic heterocycles. The Balaban J connectivity index is 0.000000261. The van der Waals surface area contributed by atoms with Crippen LogP contribution in [0.15, 0.2) is 30.3 Å². The Kier molecular flexibility index (Phi) is 5.68. The van der Waals surface area contributed by atoms with E-state index in [0.29, 0.717) is 5.56 Å². The van der Waals surface area contributed by atoms with Gasteiger partial charge in [-0.25, -0.2) is 0 Å². The quantitative estimate of drug-likeness (QED) is 0.635. The third kappa shape index (κ3) is 6.79. The lowest BCUT2D eigenvalue weighted by atomic mass is 10.2. The standard InChI is InChI=1S/C7H5N.C3H8O/c8-6-7-4-2-1-3-5-7;1-3(2)4/h1-5H;3-4H,1-2H3. The van der Waals surface area contributed by atoms with Crippen LogP contribution in [-0.4, -0.2) is 11.2 Å². The maximum Gasteiger partial charge on any atom is 0.0991 e. The molecule has 0 unspecified atom stereocenters. The van der Waals surface area contributed by atoms with Crippen molar-refractivity contribution in [1.82, 2.24) is 0 Å². The van der Waals surface area contributed by atoms with Gasteiger partial charge in [0.15, 0.2) is 0 Å². The number of hydrogen-bond donors (Lipinski definition) is 1. The highest BCUT2D eigenvalue weighted by Crippen LogP contribution is 1.93. The zero-order chi connectivity index (χ0) is 9.40. The van der Waals surface area contributed by atoms with E-state index < -0.39 is 0 Å². The van der Waals surface area contributed by atoms with Gasteiger partial charge in [0.05, 0.1) is 11.6 Å². The van der Waals surface area contributed by atoms with Crippen LogP contribution in [0, 0.1) is 11.3 Å². The Hall–Kier alpha value is -1.33. The molecule has 2 nitrogen and oxygen atoms in total. The summed E-state index contributed by atoms with van der Waals surface area (Å²) in [4.78, 5) is 0. The maximum atomic E-state index is 8.29. The molecule has 0 saturated heterocycles. The van der Waals surface area contributed by atoms with Crippen LogP contribution in [0.5, 0.6) is 0 Å². The Morgan fingerprint density at radius 3 is 1.92 bits per heavy atom. The summed E-state index contributed by atoms with van der Waals surface area (Å²) in [7, 11) is 0. The van der Waals surface area contributed by atoms with Gasteiger partial charge in [-0.05, 0) is 26.0 Å². The van der Waals surface area contributed by atoms with E-state index in [9.17, 15) is 0 Å². The van der Waals surface area contributed by atoms with Gasteiger partial charge < -0.3 is 5.11 Å². The van der Waals surface area contributed by atoms with Crippen molar-refractivity contribution in [3.63, 3.8) is 0 Å². The Labute approximate surface area is 73.1 Å². The second kappa shape index (κ2) is 6.38. The van der Waals surface area contributed by atoms with Crippen LogP contribution in [0.4, 0.5) is 0 Å². The SMILES string of the molecule is CC(C)O.N#Cc1ccccc1. The van der Waals surface area contributed by atoms with Crippen molar-refractivity contribution in [2.45, 2.75) is 20.0 Å². The molecule has 1 aromatic carbocycles. The first-order valence-corrected chi connectivity index (χ1v) is 3.80. The average molecular weight is 163 g/mol. The molecule has 1 N–H and O–H groups in total. The van der Waals surface area contributed by atoms with Crippen LogP contribution in [0.1, 0.15) is 19.4 Å². The fraction of sp³-hybridized carbons (Fsp3) is 0.300. The van der Waals surface area contributed by atoms with Gasteiger partial charge >= 0.3 is 0 Å². The van der Waals surface area contributed by atoms with Crippen molar-refractivity contribution >= 4 is 0 Å². The van der Waals surface area contributed by atoms with Gasteiger partial charge in [0.1, 0.15) is 0 Å². The van der Waals surface area contributed by atoms with Gasteiger partial charge in [0, 0.05) is 6.10 Å². The molecule has 0 heterocycles. The summed E-state index contributed by atoms with van der Waals surface area (Å²) in [6, 6.07) is 11.2. The summed E-state index contributed by atoms with van der Waals surface area (Å²) in [5, 5.41) is 16.3. The zero-order valence-corrected chi connectivity index (χ0v) is 7.36. The molecule has 0 amide bonds. The number of benzene rings is 1. The highest BCUT2D eigenvalue weighted by Gasteiger charge is 1.79. The van der Waals surface area contributed by atoms with Gasteiger partial charge in [0.25, 0.3) is 0 Å². The number of nitriles is 1. The molecular weight excluding hydrogens is 150 g/mol. The number of aliphatic hydroxyl groups excluding tert-OH is 1. The minimum Gasteiger partial charge on any atom is -0.394 e. The van der Waals surface area contributed by atoms with Gasteiger partial charge in [-0.15, -0.1) is 0 Å². The molecule has 1 rings (SSSR count). The van der Waals surface area contributed by atoms with E-state index in [1.54, 1.807) is 26.0 Å². The summed E-state index contributed by atoms with van der Waals surface area (Å²) in [6.45, 7) is 3.44. The number of rotatable bonds is 0. The van der Waals surface area contributed by atoms with Gasteiger partial charge in [-0.1, -0.05) is 18.2 Å². The predicted molar refractivity (Wildman–Crippen MR) is 48.5 cm³/mol. The number of hydrogen-bond acceptors (Lipinski definition) is 2. The summed E-state index contributed by atoms with van der Waals surface area (Å²) in [5.41, 5.74) is 0.715. The fourth-order valence-electron chi connectivity index (χ4n) is 0.513. The first-order chi connectivity index (χ1) is 5.66. The maximum absolute atomic E-state index is 8.29. The first-order valence-electron chi connectivity index (χ1n) is 3.80. The topological polar surface area (TPSA) is 44.0 Å². The molecule has 0 aliphatic carbocycles. The molecule has 0 atom stereocenters. The summed E-state index contributed by atoms with van der Waals surface area (Å²) >= 11 is 0. The Bertz CT molecular complexity index is 233. The predicted octanol–water partition coefficient (Wildman–Crippen LogP) is 1.95. The number of aliphatic hydroxyl groups is 1. The fourth-order valence-corrected chi connectivity index (χ4v) is 0.513. The van der Waals surface area contributed by atoms with Crippen LogP contribution in [0.3, 0.4) is 0 Å². The molecule has 0 aliphatic rings. The minimum atomic E-state index is -0.167. The highest BCUT2D eigenvalue weighted by atomic mass is 16.3. The highest BCUT2D eigenvalue weighted by molar-refractivity contribution is 5.27. The molecule has 64 valence electrons. The van der Waals surface area contributed by atoms with Gasteiger partial charge in [0.2, 0.25) is 0 Å².